The predicted octanol–water partition coefficient (Wildman–Crippen LogP) is 4.91. The molecule has 2 aromatic heterocycles. The van der Waals surface area contributed by atoms with Crippen molar-refractivity contribution in [3.63, 3.8) is 0 Å². The fourth-order valence-corrected chi connectivity index (χ4v) is 4.57. The van der Waals surface area contributed by atoms with Crippen molar-refractivity contribution in [3.8, 4) is 22.1 Å². The molecule has 8 heteroatoms. The number of ether oxygens (including phenoxy) is 1. The van der Waals surface area contributed by atoms with Gasteiger partial charge in [-0.15, -0.1) is 11.3 Å². The largest absolute Gasteiger partial charge is 0.508 e. The second-order valence-corrected chi connectivity index (χ2v) is 8.34. The van der Waals surface area contributed by atoms with Crippen molar-refractivity contribution in [2.45, 2.75) is 12.5 Å². The molecule has 3 heterocycles. The highest BCUT2D eigenvalue weighted by atomic mass is 32.1. The lowest BCUT2D eigenvalue weighted by Gasteiger charge is -2.22. The average molecular weight is 457 g/mol. The normalized spacial score (nSPS) is 15.4. The van der Waals surface area contributed by atoms with E-state index in [9.17, 15) is 9.90 Å². The summed E-state index contributed by atoms with van der Waals surface area (Å²) in [7, 11) is 1.62. The van der Waals surface area contributed by atoms with E-state index in [1.807, 2.05) is 48.5 Å². The number of nitrogens with zero attached hydrogens (tertiary/aromatic N) is 4. The van der Waals surface area contributed by atoms with E-state index in [2.05, 4.69) is 15.1 Å². The Labute approximate surface area is 194 Å². The van der Waals surface area contributed by atoms with Crippen LogP contribution in [0.15, 0.2) is 83.5 Å². The third-order valence-corrected chi connectivity index (χ3v) is 6.36. The number of hydrazone groups is 1. The molecular formula is C25H20N4O3S. The Bertz CT molecular complexity index is 1320. The van der Waals surface area contributed by atoms with E-state index >= 15 is 0 Å². The molecule has 4 aromatic rings. The van der Waals surface area contributed by atoms with Crippen molar-refractivity contribution in [2.75, 3.05) is 7.11 Å². The molecule has 1 aliphatic heterocycles. The number of hydrogen-bond donors (Lipinski definition) is 1. The first-order chi connectivity index (χ1) is 16.1. The molecule has 0 aliphatic carbocycles. The fraction of sp³-hybridized carbons (Fsp3) is 0.120. The molecule has 164 valence electrons. The molecule has 2 aromatic carbocycles. The van der Waals surface area contributed by atoms with E-state index in [1.54, 1.807) is 37.0 Å². The van der Waals surface area contributed by atoms with Gasteiger partial charge in [0.05, 0.1) is 18.9 Å². The molecule has 7 nitrogen and oxygen atoms in total. The van der Waals surface area contributed by atoms with E-state index in [0.717, 1.165) is 27.6 Å². The maximum atomic E-state index is 13.5. The Morgan fingerprint density at radius 1 is 1.09 bits per heavy atom. The molecule has 0 radical (unpaired) electrons. The van der Waals surface area contributed by atoms with Gasteiger partial charge in [0.15, 0.2) is 0 Å². The number of aromatic hydroxyl groups is 1. The second kappa shape index (κ2) is 8.84. The molecule has 1 aliphatic rings. The zero-order valence-electron chi connectivity index (χ0n) is 17.8. The average Bonchev–Trinajstić information content (AvgIpc) is 3.53. The number of benzene rings is 2. The summed E-state index contributed by atoms with van der Waals surface area (Å²) in [4.78, 5) is 22.2. The number of phenolic OH excluding ortho intramolecular Hbond substituents is 1. The third-order valence-electron chi connectivity index (χ3n) is 5.47. The summed E-state index contributed by atoms with van der Waals surface area (Å²) in [6.07, 6.45) is 3.88. The summed E-state index contributed by atoms with van der Waals surface area (Å²) in [5, 5.41) is 19.0. The highest BCUT2D eigenvalue weighted by molar-refractivity contribution is 7.13. The minimum absolute atomic E-state index is 0.125. The highest BCUT2D eigenvalue weighted by Gasteiger charge is 2.36. The van der Waals surface area contributed by atoms with Gasteiger partial charge >= 0.3 is 0 Å². The number of pyridine rings is 1. The highest BCUT2D eigenvalue weighted by Crippen LogP contribution is 2.38. The summed E-state index contributed by atoms with van der Waals surface area (Å²) in [6.45, 7) is 0. The van der Waals surface area contributed by atoms with Crippen molar-refractivity contribution >= 4 is 23.0 Å². The van der Waals surface area contributed by atoms with Gasteiger partial charge in [-0.25, -0.2) is 9.99 Å². The second-order valence-electron chi connectivity index (χ2n) is 7.48. The number of carbonyl (C=O) groups is 1. The topological polar surface area (TPSA) is 87.9 Å². The first kappa shape index (κ1) is 20.8. The van der Waals surface area contributed by atoms with Crippen LogP contribution in [0.25, 0.3) is 10.6 Å². The van der Waals surface area contributed by atoms with Crippen molar-refractivity contribution < 1.29 is 14.6 Å². The Hall–Kier alpha value is -4.04. The van der Waals surface area contributed by atoms with Gasteiger partial charge in [0.1, 0.15) is 22.2 Å². The molecule has 0 saturated heterocycles. The molecule has 1 N–H and O–H groups in total. The quantitative estimate of drug-likeness (QED) is 0.461. The number of thiazole rings is 1. The lowest BCUT2D eigenvalue weighted by molar-refractivity contribution is 0.0704. The molecular weight excluding hydrogens is 436 g/mol. The molecule has 1 atom stereocenters. The maximum absolute atomic E-state index is 13.5. The Balaban J connectivity index is 1.49. The van der Waals surface area contributed by atoms with Crippen LogP contribution in [0.1, 0.15) is 34.1 Å². The van der Waals surface area contributed by atoms with E-state index in [-0.39, 0.29) is 11.7 Å². The molecule has 1 amide bonds. The number of para-hydroxylation sites is 1. The summed E-state index contributed by atoms with van der Waals surface area (Å²) >= 11 is 1.39. The van der Waals surface area contributed by atoms with Gasteiger partial charge in [0, 0.05) is 40.9 Å². The van der Waals surface area contributed by atoms with Gasteiger partial charge in [-0.3, -0.25) is 9.78 Å². The van der Waals surface area contributed by atoms with Crippen molar-refractivity contribution in [3.05, 3.63) is 95.3 Å². The molecule has 0 bridgehead atoms. The molecule has 5 rings (SSSR count). The van der Waals surface area contributed by atoms with Crippen LogP contribution in [0.4, 0.5) is 0 Å². The Morgan fingerprint density at radius 2 is 1.91 bits per heavy atom. The van der Waals surface area contributed by atoms with Gasteiger partial charge in [-0.05, 0) is 36.4 Å². The summed E-state index contributed by atoms with van der Waals surface area (Å²) in [5.74, 6) is 0.560. The first-order valence-electron chi connectivity index (χ1n) is 10.3. The number of amides is 1. The molecule has 1 unspecified atom stereocenters. The molecule has 0 fully saturated rings. The zero-order valence-corrected chi connectivity index (χ0v) is 18.6. The molecule has 0 spiro atoms. The Kier molecular flexibility index (Phi) is 5.58. The smallest absolute Gasteiger partial charge is 0.294 e. The van der Waals surface area contributed by atoms with Crippen LogP contribution in [-0.2, 0) is 0 Å². The van der Waals surface area contributed by atoms with Crippen molar-refractivity contribution in [2.24, 2.45) is 5.10 Å². The standard InChI is InChI=1S/C25H20N4O3S/c1-32-18-10-8-16(9-11-18)24-27-21(15-33-24)25(31)29-22(19-6-2-3-7-23(19)30)13-20(28-29)17-5-4-12-26-14-17/h2-12,14-15,22,30H,13H2,1H3. The van der Waals surface area contributed by atoms with Gasteiger partial charge in [-0.2, -0.15) is 5.10 Å². The number of hydrogen-bond acceptors (Lipinski definition) is 7. The van der Waals surface area contributed by atoms with E-state index in [1.165, 1.54) is 16.3 Å². The third kappa shape index (κ3) is 4.08. The minimum Gasteiger partial charge on any atom is -0.508 e. The number of methoxy groups -OCH3 is 1. The zero-order chi connectivity index (χ0) is 22.8. The van der Waals surface area contributed by atoms with Crippen molar-refractivity contribution in [1.82, 2.24) is 15.0 Å². The fourth-order valence-electron chi connectivity index (χ4n) is 3.77. The van der Waals surface area contributed by atoms with E-state index in [0.29, 0.717) is 17.7 Å². The van der Waals surface area contributed by atoms with Crippen molar-refractivity contribution in [1.29, 1.82) is 0 Å². The summed E-state index contributed by atoms with van der Waals surface area (Å²) in [5.41, 5.74) is 3.42. The van der Waals surface area contributed by atoms with Crippen LogP contribution in [0, 0.1) is 0 Å². The van der Waals surface area contributed by atoms with Gasteiger partial charge in [-0.1, -0.05) is 24.3 Å². The van der Waals surface area contributed by atoms with Crippen LogP contribution < -0.4 is 4.74 Å². The number of carbonyl (C=O) groups excluding carboxylic acids is 1. The van der Waals surface area contributed by atoms with Crippen LogP contribution in [0.3, 0.4) is 0 Å². The molecule has 33 heavy (non-hydrogen) atoms. The first-order valence-corrected chi connectivity index (χ1v) is 11.2. The van der Waals surface area contributed by atoms with Crippen LogP contribution in [-0.4, -0.2) is 38.8 Å². The van der Waals surface area contributed by atoms with E-state index in [4.69, 9.17) is 4.74 Å². The summed E-state index contributed by atoms with van der Waals surface area (Å²) in [6, 6.07) is 17.8. The lowest BCUT2D eigenvalue weighted by Crippen LogP contribution is -2.27. The number of aromatic nitrogens is 2. The SMILES string of the molecule is COc1ccc(-c2nc(C(=O)N3N=C(c4cccnc4)CC3c3ccccc3O)cs2)cc1. The van der Waals surface area contributed by atoms with Gasteiger partial charge < -0.3 is 9.84 Å². The van der Waals surface area contributed by atoms with Gasteiger partial charge in [0.2, 0.25) is 0 Å². The molecule has 0 saturated carbocycles. The van der Waals surface area contributed by atoms with Crippen LogP contribution >= 0.6 is 11.3 Å². The number of rotatable bonds is 5. The van der Waals surface area contributed by atoms with Crippen LogP contribution in [0.5, 0.6) is 11.5 Å². The number of phenols is 1. The minimum atomic E-state index is -0.444. The van der Waals surface area contributed by atoms with Gasteiger partial charge in [0.25, 0.3) is 5.91 Å². The maximum Gasteiger partial charge on any atom is 0.294 e. The Morgan fingerprint density at radius 3 is 2.64 bits per heavy atom. The predicted molar refractivity (Wildman–Crippen MR) is 127 cm³/mol. The van der Waals surface area contributed by atoms with Crippen LogP contribution in [0.2, 0.25) is 0 Å². The summed E-state index contributed by atoms with van der Waals surface area (Å²) < 4.78 is 5.21. The monoisotopic (exact) mass is 456 g/mol. The van der Waals surface area contributed by atoms with E-state index < -0.39 is 6.04 Å². The lowest BCUT2D eigenvalue weighted by atomic mass is 9.98.